The zero-order valence-electron chi connectivity index (χ0n) is 12.1. The lowest BCUT2D eigenvalue weighted by atomic mass is 9.67. The lowest BCUT2D eigenvalue weighted by Crippen LogP contribution is -2.52. The van der Waals surface area contributed by atoms with E-state index in [4.69, 9.17) is 5.73 Å². The van der Waals surface area contributed by atoms with Gasteiger partial charge in [0, 0.05) is 12.1 Å². The number of nitrogens with zero attached hydrogens (tertiary/aromatic N) is 1. The van der Waals surface area contributed by atoms with Gasteiger partial charge in [0.15, 0.2) is 0 Å². The van der Waals surface area contributed by atoms with Crippen LogP contribution in [0, 0.1) is 11.3 Å². The second-order valence-electron chi connectivity index (χ2n) is 6.41. The summed E-state index contributed by atoms with van der Waals surface area (Å²) in [5.41, 5.74) is 6.40. The number of hydrogen-bond acceptors (Lipinski definition) is 2. The molecule has 2 nitrogen and oxygen atoms in total. The molecular weight excluding hydrogens is 234 g/mol. The molecule has 1 rings (SSSR count). The van der Waals surface area contributed by atoms with Crippen LogP contribution < -0.4 is 5.73 Å². The van der Waals surface area contributed by atoms with Crippen LogP contribution >= 0.6 is 0 Å². The second-order valence-corrected chi connectivity index (χ2v) is 6.41. The molecule has 0 aromatic rings. The van der Waals surface area contributed by atoms with Gasteiger partial charge in [-0.25, -0.2) is 8.78 Å². The van der Waals surface area contributed by atoms with E-state index in [0.717, 1.165) is 25.7 Å². The Morgan fingerprint density at radius 2 is 1.94 bits per heavy atom. The van der Waals surface area contributed by atoms with Crippen LogP contribution in [-0.4, -0.2) is 37.0 Å². The van der Waals surface area contributed by atoms with E-state index in [1.54, 1.807) is 11.9 Å². The zero-order valence-corrected chi connectivity index (χ0v) is 12.1. The number of likely N-dealkylation sites (N-methyl/N-ethyl adjacent to an activating group) is 1. The highest BCUT2D eigenvalue weighted by Crippen LogP contribution is 2.41. The summed E-state index contributed by atoms with van der Waals surface area (Å²) in [5, 5.41) is 0. The van der Waals surface area contributed by atoms with Crippen LogP contribution in [0.4, 0.5) is 8.78 Å². The van der Waals surface area contributed by atoms with Crippen LogP contribution in [0.25, 0.3) is 0 Å². The lowest BCUT2D eigenvalue weighted by molar-refractivity contribution is 0.0339. The first-order chi connectivity index (χ1) is 8.27. The van der Waals surface area contributed by atoms with Gasteiger partial charge in [-0.2, -0.15) is 0 Å². The van der Waals surface area contributed by atoms with E-state index < -0.39 is 6.43 Å². The summed E-state index contributed by atoms with van der Waals surface area (Å²) in [4.78, 5) is 1.76. The average Bonchev–Trinajstić information content (AvgIpc) is 2.28. The summed E-state index contributed by atoms with van der Waals surface area (Å²) < 4.78 is 25.0. The van der Waals surface area contributed by atoms with Crippen molar-refractivity contribution in [3.05, 3.63) is 0 Å². The van der Waals surface area contributed by atoms with Gasteiger partial charge in [0.1, 0.15) is 0 Å². The van der Waals surface area contributed by atoms with Crippen molar-refractivity contribution in [1.29, 1.82) is 0 Å². The maximum absolute atomic E-state index is 12.5. The minimum atomic E-state index is -2.28. The topological polar surface area (TPSA) is 29.3 Å². The molecule has 0 aliphatic heterocycles. The summed E-state index contributed by atoms with van der Waals surface area (Å²) >= 11 is 0. The van der Waals surface area contributed by atoms with Crippen molar-refractivity contribution in [2.75, 3.05) is 13.6 Å². The van der Waals surface area contributed by atoms with Crippen LogP contribution in [0.15, 0.2) is 0 Å². The molecule has 1 aliphatic rings. The molecule has 18 heavy (non-hydrogen) atoms. The Bertz CT molecular complexity index is 256. The van der Waals surface area contributed by atoms with E-state index >= 15 is 0 Å². The van der Waals surface area contributed by atoms with Crippen molar-refractivity contribution in [1.82, 2.24) is 4.90 Å². The van der Waals surface area contributed by atoms with E-state index in [1.165, 1.54) is 0 Å². The summed E-state index contributed by atoms with van der Waals surface area (Å²) in [5.74, 6) is 0.590. The maximum Gasteiger partial charge on any atom is 0.251 e. The molecule has 1 fully saturated rings. The number of nitrogens with two attached hydrogens (primary N) is 1. The molecule has 3 unspecified atom stereocenters. The quantitative estimate of drug-likeness (QED) is 0.825. The van der Waals surface area contributed by atoms with E-state index in [9.17, 15) is 8.78 Å². The van der Waals surface area contributed by atoms with Crippen LogP contribution in [0.3, 0.4) is 0 Å². The minimum absolute atomic E-state index is 0.0395. The Morgan fingerprint density at radius 3 is 2.44 bits per heavy atom. The molecule has 0 amide bonds. The molecule has 108 valence electrons. The lowest BCUT2D eigenvalue weighted by Gasteiger charge is -2.45. The molecular formula is C14H28F2N2. The van der Waals surface area contributed by atoms with Gasteiger partial charge in [-0.15, -0.1) is 0 Å². The Kier molecular flexibility index (Phi) is 5.53. The molecule has 0 heterocycles. The number of rotatable bonds is 5. The van der Waals surface area contributed by atoms with Gasteiger partial charge in [-0.1, -0.05) is 27.2 Å². The fourth-order valence-electron chi connectivity index (χ4n) is 3.03. The first-order valence-corrected chi connectivity index (χ1v) is 7.02. The van der Waals surface area contributed by atoms with Gasteiger partial charge in [-0.3, -0.25) is 4.90 Å². The SMILES string of the molecule is CCC(C)(C)C1CCC(N)C(N(C)CC(F)F)C1. The Labute approximate surface area is 110 Å². The first kappa shape index (κ1) is 15.8. The molecule has 1 aliphatic carbocycles. The third-order valence-electron chi connectivity index (χ3n) is 4.88. The molecule has 1 saturated carbocycles. The van der Waals surface area contributed by atoms with Crippen LogP contribution in [0.1, 0.15) is 46.5 Å². The maximum atomic E-state index is 12.5. The second kappa shape index (κ2) is 6.29. The van der Waals surface area contributed by atoms with Crippen molar-refractivity contribution in [3.8, 4) is 0 Å². The smallest absolute Gasteiger partial charge is 0.251 e. The summed E-state index contributed by atoms with van der Waals surface area (Å²) in [6.45, 7) is 6.58. The predicted octanol–water partition coefficient (Wildman–Crippen LogP) is 3.12. The minimum Gasteiger partial charge on any atom is -0.326 e. The number of alkyl halides is 2. The van der Waals surface area contributed by atoms with E-state index in [0.29, 0.717) is 5.92 Å². The fraction of sp³-hybridized carbons (Fsp3) is 1.00. The molecule has 0 aromatic heterocycles. The van der Waals surface area contributed by atoms with Gasteiger partial charge in [-0.05, 0) is 37.6 Å². The van der Waals surface area contributed by atoms with Gasteiger partial charge < -0.3 is 5.73 Å². The van der Waals surface area contributed by atoms with Crippen LogP contribution in [0.5, 0.6) is 0 Å². The predicted molar refractivity (Wildman–Crippen MR) is 71.8 cm³/mol. The summed E-state index contributed by atoms with van der Waals surface area (Å²) in [6, 6.07) is 0.140. The van der Waals surface area contributed by atoms with E-state index in [-0.39, 0.29) is 24.0 Å². The van der Waals surface area contributed by atoms with Crippen molar-refractivity contribution in [2.45, 2.75) is 65.0 Å². The third kappa shape index (κ3) is 3.89. The molecule has 4 heteroatoms. The standard InChI is InChI=1S/C14H28F2N2/c1-5-14(2,3)10-6-7-11(17)12(8-10)18(4)9-13(15)16/h10-13H,5-9,17H2,1-4H3. The molecule has 3 atom stereocenters. The molecule has 0 radical (unpaired) electrons. The van der Waals surface area contributed by atoms with Gasteiger partial charge >= 0.3 is 0 Å². The average molecular weight is 262 g/mol. The molecule has 2 N–H and O–H groups in total. The summed E-state index contributed by atoms with van der Waals surface area (Å²) in [6.07, 6.45) is 1.87. The monoisotopic (exact) mass is 262 g/mol. The van der Waals surface area contributed by atoms with E-state index in [2.05, 4.69) is 20.8 Å². The van der Waals surface area contributed by atoms with Crippen molar-refractivity contribution in [2.24, 2.45) is 17.1 Å². The number of hydrogen-bond donors (Lipinski definition) is 1. The van der Waals surface area contributed by atoms with E-state index in [1.807, 2.05) is 0 Å². The Hall–Kier alpha value is -0.220. The van der Waals surface area contributed by atoms with Gasteiger partial charge in [0.2, 0.25) is 0 Å². The van der Waals surface area contributed by atoms with Gasteiger partial charge in [0.05, 0.1) is 6.54 Å². The fourth-order valence-corrected chi connectivity index (χ4v) is 3.03. The number of halogens is 2. The summed E-state index contributed by atoms with van der Waals surface area (Å²) in [7, 11) is 1.78. The van der Waals surface area contributed by atoms with Crippen molar-refractivity contribution in [3.63, 3.8) is 0 Å². The van der Waals surface area contributed by atoms with Crippen molar-refractivity contribution < 1.29 is 8.78 Å². The highest BCUT2D eigenvalue weighted by atomic mass is 19.3. The van der Waals surface area contributed by atoms with Crippen molar-refractivity contribution >= 4 is 0 Å². The molecule has 0 aromatic carbocycles. The molecule has 0 saturated heterocycles. The third-order valence-corrected chi connectivity index (χ3v) is 4.88. The normalized spacial score (nSPS) is 30.2. The highest BCUT2D eigenvalue weighted by molar-refractivity contribution is 4.92. The Balaban J connectivity index is 2.66. The molecule has 0 spiro atoms. The first-order valence-electron chi connectivity index (χ1n) is 7.02. The molecule has 0 bridgehead atoms. The van der Waals surface area contributed by atoms with Crippen LogP contribution in [-0.2, 0) is 0 Å². The largest absolute Gasteiger partial charge is 0.326 e. The van der Waals surface area contributed by atoms with Gasteiger partial charge in [0.25, 0.3) is 6.43 Å². The Morgan fingerprint density at radius 1 is 1.33 bits per heavy atom. The zero-order chi connectivity index (χ0) is 13.9. The highest BCUT2D eigenvalue weighted by Gasteiger charge is 2.37. The van der Waals surface area contributed by atoms with Crippen LogP contribution in [0.2, 0.25) is 0 Å².